The third kappa shape index (κ3) is 6.60. The van der Waals surface area contributed by atoms with Crippen LogP contribution in [0.2, 0.25) is 0 Å². The molecule has 12 heteroatoms. The number of hydrogen-bond donors (Lipinski definition) is 1. The van der Waals surface area contributed by atoms with Crippen LogP contribution in [0, 0.1) is 11.8 Å². The Morgan fingerprint density at radius 1 is 1.05 bits per heavy atom. The summed E-state index contributed by atoms with van der Waals surface area (Å²) in [5.41, 5.74) is 1.58. The number of anilines is 1. The number of fused-ring (bicyclic) bond motifs is 1. The number of nitrogens with zero attached hydrogens (tertiary/aromatic N) is 3. The van der Waals surface area contributed by atoms with E-state index in [4.69, 9.17) is 4.74 Å². The number of piperidine rings is 1. The molecule has 2 atom stereocenters. The first-order chi connectivity index (χ1) is 19.5. The molecular formula is C29H40N4O6S2. The van der Waals surface area contributed by atoms with E-state index < -0.39 is 22.0 Å². The standard InChI is InChI=1S/C29H40N4O6S2/c1-6-31(7-2)28(35)25-23-13-14-32(29(36)39-8-3)18-24(23)40-27(25)30-26(34)21-9-11-22(12-10-21)41(37,38)33-16-19(4)15-20(5)17-33/h9-12,19-20H,6-8,13-18H2,1-5H3,(H,30,34). The molecule has 1 N–H and O–H groups in total. The van der Waals surface area contributed by atoms with Gasteiger partial charge in [0.1, 0.15) is 5.00 Å². The van der Waals surface area contributed by atoms with E-state index in [9.17, 15) is 22.8 Å². The van der Waals surface area contributed by atoms with Gasteiger partial charge < -0.3 is 19.9 Å². The molecule has 2 aliphatic heterocycles. The second-order valence-corrected chi connectivity index (χ2v) is 13.8. The monoisotopic (exact) mass is 604 g/mol. The van der Waals surface area contributed by atoms with Crippen LogP contribution in [0.3, 0.4) is 0 Å². The van der Waals surface area contributed by atoms with E-state index in [-0.39, 0.29) is 34.8 Å². The van der Waals surface area contributed by atoms with Gasteiger partial charge in [0.05, 0.1) is 23.6 Å². The highest BCUT2D eigenvalue weighted by Gasteiger charge is 2.33. The molecule has 1 aromatic heterocycles. The van der Waals surface area contributed by atoms with Crippen molar-refractivity contribution in [1.82, 2.24) is 14.1 Å². The van der Waals surface area contributed by atoms with E-state index in [1.165, 1.54) is 39.9 Å². The predicted octanol–water partition coefficient (Wildman–Crippen LogP) is 4.66. The molecule has 10 nitrogen and oxygen atoms in total. The van der Waals surface area contributed by atoms with Gasteiger partial charge in [0.15, 0.2) is 0 Å². The first-order valence-electron chi connectivity index (χ1n) is 14.3. The minimum absolute atomic E-state index is 0.151. The van der Waals surface area contributed by atoms with E-state index in [1.54, 1.807) is 16.7 Å². The summed E-state index contributed by atoms with van der Waals surface area (Å²) >= 11 is 1.29. The summed E-state index contributed by atoms with van der Waals surface area (Å²) in [6, 6.07) is 5.93. The summed E-state index contributed by atoms with van der Waals surface area (Å²) in [6.07, 6.45) is 1.07. The number of thiophene rings is 1. The fourth-order valence-corrected chi connectivity index (χ4v) is 8.59. The largest absolute Gasteiger partial charge is 0.450 e. The van der Waals surface area contributed by atoms with E-state index in [2.05, 4.69) is 19.2 Å². The van der Waals surface area contributed by atoms with Crippen molar-refractivity contribution in [3.05, 3.63) is 45.8 Å². The number of benzene rings is 1. The van der Waals surface area contributed by atoms with Gasteiger partial charge in [-0.15, -0.1) is 11.3 Å². The number of sulfonamides is 1. The van der Waals surface area contributed by atoms with Gasteiger partial charge in [-0.1, -0.05) is 13.8 Å². The molecule has 224 valence electrons. The number of nitrogens with one attached hydrogen (secondary N) is 1. The van der Waals surface area contributed by atoms with Gasteiger partial charge >= 0.3 is 6.09 Å². The summed E-state index contributed by atoms with van der Waals surface area (Å²) in [4.78, 5) is 43.5. The molecule has 4 rings (SSSR count). The van der Waals surface area contributed by atoms with Crippen LogP contribution in [-0.4, -0.2) is 79.8 Å². The maximum absolute atomic E-state index is 13.6. The molecule has 1 fully saturated rings. The summed E-state index contributed by atoms with van der Waals surface area (Å²) in [5.74, 6) is -0.0388. The maximum atomic E-state index is 13.6. The Labute approximate surface area is 246 Å². The van der Waals surface area contributed by atoms with E-state index in [0.29, 0.717) is 56.3 Å². The van der Waals surface area contributed by atoms with Crippen LogP contribution in [0.25, 0.3) is 0 Å². The van der Waals surface area contributed by atoms with E-state index >= 15 is 0 Å². The molecule has 2 unspecified atom stereocenters. The lowest BCUT2D eigenvalue weighted by molar-refractivity contribution is 0.0772. The molecule has 0 spiro atoms. The van der Waals surface area contributed by atoms with Crippen LogP contribution >= 0.6 is 11.3 Å². The van der Waals surface area contributed by atoms with Gasteiger partial charge in [-0.25, -0.2) is 13.2 Å². The van der Waals surface area contributed by atoms with Gasteiger partial charge in [0, 0.05) is 43.2 Å². The molecular weight excluding hydrogens is 564 g/mol. The summed E-state index contributed by atoms with van der Waals surface area (Å²) in [7, 11) is -3.67. The Hall–Kier alpha value is -2.96. The number of ether oxygens (including phenoxy) is 1. The average Bonchev–Trinajstić information content (AvgIpc) is 3.30. The summed E-state index contributed by atoms with van der Waals surface area (Å²) in [5, 5.41) is 3.33. The lowest BCUT2D eigenvalue weighted by atomic mass is 9.94. The Balaban J connectivity index is 1.59. The van der Waals surface area contributed by atoms with Crippen LogP contribution < -0.4 is 5.32 Å². The zero-order chi connectivity index (χ0) is 29.9. The van der Waals surface area contributed by atoms with Crippen molar-refractivity contribution in [3.8, 4) is 0 Å². The molecule has 0 radical (unpaired) electrons. The maximum Gasteiger partial charge on any atom is 0.410 e. The smallest absolute Gasteiger partial charge is 0.410 e. The third-order valence-corrected chi connectivity index (χ3v) is 10.6. The van der Waals surface area contributed by atoms with Crippen LogP contribution in [-0.2, 0) is 27.7 Å². The Bertz CT molecular complexity index is 1370. The Morgan fingerprint density at radius 3 is 2.27 bits per heavy atom. The van der Waals surface area contributed by atoms with Crippen molar-refractivity contribution < 1.29 is 27.5 Å². The van der Waals surface area contributed by atoms with Crippen molar-refractivity contribution in [2.75, 3.05) is 44.6 Å². The number of amides is 3. The number of hydrogen-bond acceptors (Lipinski definition) is 7. The minimum atomic E-state index is -3.67. The van der Waals surface area contributed by atoms with Crippen LogP contribution in [0.5, 0.6) is 0 Å². The molecule has 41 heavy (non-hydrogen) atoms. The van der Waals surface area contributed by atoms with Crippen molar-refractivity contribution in [2.24, 2.45) is 11.8 Å². The molecule has 3 heterocycles. The average molecular weight is 605 g/mol. The lowest BCUT2D eigenvalue weighted by Gasteiger charge is -2.34. The summed E-state index contributed by atoms with van der Waals surface area (Å²) in [6.45, 7) is 12.7. The summed E-state index contributed by atoms with van der Waals surface area (Å²) < 4.78 is 33.2. The number of carbonyl (C=O) groups excluding carboxylic acids is 3. The molecule has 1 aromatic carbocycles. The SMILES string of the molecule is CCOC(=O)N1CCc2c(sc(NC(=O)c3ccc(S(=O)(=O)N4CC(C)CC(C)C4)cc3)c2C(=O)N(CC)CC)C1. The molecule has 0 bridgehead atoms. The number of carbonyl (C=O) groups is 3. The zero-order valence-electron chi connectivity index (χ0n) is 24.4. The highest BCUT2D eigenvalue weighted by Crippen LogP contribution is 2.38. The second-order valence-electron chi connectivity index (χ2n) is 10.8. The third-order valence-electron chi connectivity index (χ3n) is 7.66. The van der Waals surface area contributed by atoms with Gasteiger partial charge in [0.25, 0.3) is 11.8 Å². The van der Waals surface area contributed by atoms with Crippen molar-refractivity contribution in [3.63, 3.8) is 0 Å². The van der Waals surface area contributed by atoms with Crippen LogP contribution in [0.15, 0.2) is 29.2 Å². The zero-order valence-corrected chi connectivity index (χ0v) is 26.1. The van der Waals surface area contributed by atoms with Crippen molar-refractivity contribution in [1.29, 1.82) is 0 Å². The van der Waals surface area contributed by atoms with Crippen LogP contribution in [0.1, 0.15) is 72.2 Å². The van der Waals surface area contributed by atoms with E-state index in [1.807, 2.05) is 13.8 Å². The quantitative estimate of drug-likeness (QED) is 0.469. The number of rotatable bonds is 8. The van der Waals surface area contributed by atoms with Gasteiger partial charge in [-0.05, 0) is 75.3 Å². The van der Waals surface area contributed by atoms with E-state index in [0.717, 1.165) is 16.9 Å². The minimum Gasteiger partial charge on any atom is -0.450 e. The normalized spacial score (nSPS) is 19.4. The highest BCUT2D eigenvalue weighted by atomic mass is 32.2. The molecule has 0 saturated carbocycles. The van der Waals surface area contributed by atoms with Gasteiger partial charge in [-0.3, -0.25) is 9.59 Å². The Kier molecular flexibility index (Phi) is 9.76. The Morgan fingerprint density at radius 2 is 1.68 bits per heavy atom. The fourth-order valence-electron chi connectivity index (χ4n) is 5.66. The van der Waals surface area contributed by atoms with Crippen molar-refractivity contribution >= 4 is 44.3 Å². The molecule has 1 saturated heterocycles. The molecule has 3 amide bonds. The van der Waals surface area contributed by atoms with Gasteiger partial charge in [0.2, 0.25) is 10.0 Å². The molecule has 2 aliphatic rings. The first kappa shape index (κ1) is 31.0. The second kappa shape index (κ2) is 12.9. The fraction of sp³-hybridized carbons (Fsp3) is 0.552. The van der Waals surface area contributed by atoms with Crippen LogP contribution in [0.4, 0.5) is 9.80 Å². The molecule has 2 aromatic rings. The predicted molar refractivity (Wildman–Crippen MR) is 159 cm³/mol. The lowest BCUT2D eigenvalue weighted by Crippen LogP contribution is -2.42. The molecule has 0 aliphatic carbocycles. The first-order valence-corrected chi connectivity index (χ1v) is 16.5. The topological polar surface area (TPSA) is 116 Å². The highest BCUT2D eigenvalue weighted by molar-refractivity contribution is 7.89. The van der Waals surface area contributed by atoms with Crippen molar-refractivity contribution in [2.45, 2.75) is 58.9 Å². The van der Waals surface area contributed by atoms with Gasteiger partial charge in [-0.2, -0.15) is 4.31 Å².